The van der Waals surface area contributed by atoms with E-state index in [9.17, 15) is 4.79 Å². The Kier molecular flexibility index (Phi) is 7.20. The van der Waals surface area contributed by atoms with Gasteiger partial charge in [0.15, 0.2) is 0 Å². The Labute approximate surface area is 136 Å². The third-order valence-corrected chi connectivity index (χ3v) is 6.01. The van der Waals surface area contributed by atoms with Crippen molar-refractivity contribution in [2.75, 3.05) is 0 Å². The summed E-state index contributed by atoms with van der Waals surface area (Å²) in [5, 5.41) is 0. The zero-order chi connectivity index (χ0) is 15.9. The van der Waals surface area contributed by atoms with Crippen molar-refractivity contribution in [2.24, 2.45) is 23.5 Å². The molecular formula is C19H35NO2. The molecule has 3 heteroatoms. The van der Waals surface area contributed by atoms with Gasteiger partial charge in [-0.2, -0.15) is 0 Å². The molecule has 2 fully saturated rings. The van der Waals surface area contributed by atoms with Crippen molar-refractivity contribution in [3.05, 3.63) is 0 Å². The molecule has 0 aromatic heterocycles. The van der Waals surface area contributed by atoms with E-state index in [-0.39, 0.29) is 18.0 Å². The second kappa shape index (κ2) is 8.90. The lowest BCUT2D eigenvalue weighted by atomic mass is 9.75. The molecule has 0 heterocycles. The van der Waals surface area contributed by atoms with Crippen molar-refractivity contribution in [3.63, 3.8) is 0 Å². The van der Waals surface area contributed by atoms with E-state index in [4.69, 9.17) is 10.5 Å². The minimum absolute atomic E-state index is 0.128. The van der Waals surface area contributed by atoms with Crippen LogP contribution in [0.25, 0.3) is 0 Å². The van der Waals surface area contributed by atoms with Gasteiger partial charge in [-0.1, -0.05) is 58.8 Å². The van der Waals surface area contributed by atoms with Crippen LogP contribution in [0.1, 0.15) is 84.5 Å². The van der Waals surface area contributed by atoms with E-state index in [1.807, 2.05) is 6.92 Å². The zero-order valence-electron chi connectivity index (χ0n) is 14.6. The first-order chi connectivity index (χ1) is 10.6. The Morgan fingerprint density at radius 3 is 1.86 bits per heavy atom. The highest BCUT2D eigenvalue weighted by atomic mass is 16.5. The highest BCUT2D eigenvalue weighted by Crippen LogP contribution is 2.37. The number of hydrogen-bond acceptors (Lipinski definition) is 3. The zero-order valence-corrected chi connectivity index (χ0v) is 14.6. The fourth-order valence-corrected chi connectivity index (χ4v) is 4.20. The molecule has 22 heavy (non-hydrogen) atoms. The molecule has 0 saturated heterocycles. The van der Waals surface area contributed by atoms with Crippen molar-refractivity contribution < 1.29 is 9.53 Å². The van der Waals surface area contributed by atoms with E-state index in [0.717, 1.165) is 6.42 Å². The molecule has 2 rings (SSSR count). The van der Waals surface area contributed by atoms with E-state index < -0.39 is 6.04 Å². The van der Waals surface area contributed by atoms with Gasteiger partial charge in [-0.3, -0.25) is 4.79 Å². The molecule has 2 aliphatic carbocycles. The second-order valence-electron chi connectivity index (χ2n) is 7.61. The standard InChI is InChI=1S/C19H35NO2/c1-3-14(2)17(20)19(21)22-18(15-10-6-4-7-11-15)16-12-8-5-9-13-16/h14-18H,3-13,20H2,1-2H3. The van der Waals surface area contributed by atoms with Gasteiger partial charge in [0.05, 0.1) is 0 Å². The summed E-state index contributed by atoms with van der Waals surface area (Å²) in [6, 6.07) is -0.459. The van der Waals surface area contributed by atoms with Gasteiger partial charge in [0.1, 0.15) is 12.1 Å². The van der Waals surface area contributed by atoms with Crippen molar-refractivity contribution in [1.82, 2.24) is 0 Å². The molecule has 3 nitrogen and oxygen atoms in total. The molecule has 2 N–H and O–H groups in total. The Morgan fingerprint density at radius 2 is 1.45 bits per heavy atom. The number of ether oxygens (including phenoxy) is 1. The molecular weight excluding hydrogens is 274 g/mol. The lowest BCUT2D eigenvalue weighted by Crippen LogP contribution is -2.44. The van der Waals surface area contributed by atoms with Gasteiger partial charge in [-0.15, -0.1) is 0 Å². The number of hydrogen-bond donors (Lipinski definition) is 1. The Hall–Kier alpha value is -0.570. The predicted molar refractivity (Wildman–Crippen MR) is 90.5 cm³/mol. The highest BCUT2D eigenvalue weighted by molar-refractivity contribution is 5.76. The molecule has 2 saturated carbocycles. The largest absolute Gasteiger partial charge is 0.461 e. The van der Waals surface area contributed by atoms with Crippen molar-refractivity contribution >= 4 is 5.97 Å². The van der Waals surface area contributed by atoms with Crippen LogP contribution in [0.4, 0.5) is 0 Å². The van der Waals surface area contributed by atoms with Crippen LogP contribution in [0, 0.1) is 17.8 Å². The first-order valence-electron chi connectivity index (χ1n) is 9.59. The molecule has 0 bridgehead atoms. The fraction of sp³-hybridized carbons (Fsp3) is 0.947. The minimum atomic E-state index is -0.459. The second-order valence-corrected chi connectivity index (χ2v) is 7.61. The maximum Gasteiger partial charge on any atom is 0.323 e. The maximum absolute atomic E-state index is 12.5. The summed E-state index contributed by atoms with van der Waals surface area (Å²) in [6.45, 7) is 4.12. The van der Waals surface area contributed by atoms with Gasteiger partial charge in [0.2, 0.25) is 0 Å². The van der Waals surface area contributed by atoms with Gasteiger partial charge in [-0.25, -0.2) is 0 Å². The van der Waals surface area contributed by atoms with Gasteiger partial charge in [-0.05, 0) is 43.4 Å². The summed E-state index contributed by atoms with van der Waals surface area (Å²) in [4.78, 5) is 12.5. The number of nitrogens with two attached hydrogens (primary N) is 1. The summed E-state index contributed by atoms with van der Waals surface area (Å²) in [5.74, 6) is 1.19. The molecule has 0 spiro atoms. The van der Waals surface area contributed by atoms with E-state index >= 15 is 0 Å². The summed E-state index contributed by atoms with van der Waals surface area (Å²) in [6.07, 6.45) is 13.8. The molecule has 0 radical (unpaired) electrons. The number of rotatable bonds is 6. The topological polar surface area (TPSA) is 52.3 Å². The summed E-state index contributed by atoms with van der Waals surface area (Å²) < 4.78 is 6.05. The monoisotopic (exact) mass is 309 g/mol. The quantitative estimate of drug-likeness (QED) is 0.738. The van der Waals surface area contributed by atoms with E-state index in [0.29, 0.717) is 11.8 Å². The molecule has 0 aromatic rings. The molecule has 128 valence electrons. The van der Waals surface area contributed by atoms with Crippen LogP contribution in [0.5, 0.6) is 0 Å². The molecule has 0 amide bonds. The summed E-state index contributed by atoms with van der Waals surface area (Å²) in [7, 11) is 0. The predicted octanol–water partition coefficient (Wildman–Crippen LogP) is 4.43. The molecule has 2 unspecified atom stereocenters. The Balaban J connectivity index is 2.01. The average Bonchev–Trinajstić information content (AvgIpc) is 2.59. The normalized spacial score (nSPS) is 24.2. The van der Waals surface area contributed by atoms with Crippen LogP contribution < -0.4 is 5.73 Å². The van der Waals surface area contributed by atoms with Gasteiger partial charge < -0.3 is 10.5 Å². The van der Waals surface area contributed by atoms with E-state index in [2.05, 4.69) is 6.92 Å². The maximum atomic E-state index is 12.5. The third-order valence-electron chi connectivity index (χ3n) is 6.01. The summed E-state index contributed by atoms with van der Waals surface area (Å²) >= 11 is 0. The SMILES string of the molecule is CCC(C)C(N)C(=O)OC(C1CCCCC1)C1CCCCC1. The smallest absolute Gasteiger partial charge is 0.323 e. The van der Waals surface area contributed by atoms with Crippen molar-refractivity contribution in [2.45, 2.75) is 96.6 Å². The van der Waals surface area contributed by atoms with Crippen LogP contribution in [0.2, 0.25) is 0 Å². The number of carbonyl (C=O) groups is 1. The van der Waals surface area contributed by atoms with Crippen LogP contribution in [-0.2, 0) is 9.53 Å². The van der Waals surface area contributed by atoms with E-state index in [1.165, 1.54) is 64.2 Å². The van der Waals surface area contributed by atoms with Gasteiger partial charge >= 0.3 is 5.97 Å². The lowest BCUT2D eigenvalue weighted by molar-refractivity contribution is -0.160. The lowest BCUT2D eigenvalue weighted by Gasteiger charge is -2.38. The Bertz CT molecular complexity index is 314. The molecule has 0 aliphatic heterocycles. The van der Waals surface area contributed by atoms with Crippen LogP contribution in [0.15, 0.2) is 0 Å². The first-order valence-corrected chi connectivity index (χ1v) is 9.59. The molecule has 2 aliphatic rings. The van der Waals surface area contributed by atoms with Crippen molar-refractivity contribution in [3.8, 4) is 0 Å². The molecule has 2 atom stereocenters. The number of carbonyl (C=O) groups excluding carboxylic acids is 1. The minimum Gasteiger partial charge on any atom is -0.461 e. The fourth-order valence-electron chi connectivity index (χ4n) is 4.20. The third kappa shape index (κ3) is 4.71. The molecule has 0 aromatic carbocycles. The van der Waals surface area contributed by atoms with Crippen molar-refractivity contribution in [1.29, 1.82) is 0 Å². The highest BCUT2D eigenvalue weighted by Gasteiger charge is 2.35. The van der Waals surface area contributed by atoms with Gasteiger partial charge in [0.25, 0.3) is 0 Å². The van der Waals surface area contributed by atoms with E-state index in [1.54, 1.807) is 0 Å². The van der Waals surface area contributed by atoms with Crippen LogP contribution in [0.3, 0.4) is 0 Å². The van der Waals surface area contributed by atoms with Crippen LogP contribution >= 0.6 is 0 Å². The Morgan fingerprint density at radius 1 is 1.00 bits per heavy atom. The van der Waals surface area contributed by atoms with Gasteiger partial charge in [0, 0.05) is 0 Å². The number of esters is 1. The summed E-state index contributed by atoms with van der Waals surface area (Å²) in [5.41, 5.74) is 6.10. The first kappa shape index (κ1) is 17.8. The average molecular weight is 309 g/mol. The van der Waals surface area contributed by atoms with Crippen LogP contribution in [-0.4, -0.2) is 18.1 Å².